The maximum Gasteiger partial charge on any atom is 0.363 e. The molecule has 3 aromatic rings. The van der Waals surface area contributed by atoms with Crippen LogP contribution < -0.4 is 18.9 Å². The van der Waals surface area contributed by atoms with E-state index in [9.17, 15) is 9.59 Å². The zero-order valence-corrected chi connectivity index (χ0v) is 19.7. The molecule has 0 bridgehead atoms. The van der Waals surface area contributed by atoms with E-state index in [1.54, 1.807) is 24.3 Å². The van der Waals surface area contributed by atoms with E-state index in [1.165, 1.54) is 39.5 Å². The van der Waals surface area contributed by atoms with E-state index >= 15 is 0 Å². The summed E-state index contributed by atoms with van der Waals surface area (Å²) in [5, 5.41) is 0. The first-order valence-corrected chi connectivity index (χ1v) is 10.6. The van der Waals surface area contributed by atoms with Crippen molar-refractivity contribution in [3.63, 3.8) is 0 Å². The molecule has 0 spiro atoms. The van der Waals surface area contributed by atoms with E-state index in [0.29, 0.717) is 28.4 Å². The molecule has 4 rings (SSSR count). The fourth-order valence-electron chi connectivity index (χ4n) is 3.43. The highest BCUT2D eigenvalue weighted by Crippen LogP contribution is 2.38. The summed E-state index contributed by atoms with van der Waals surface area (Å²) in [7, 11) is 4.39. The van der Waals surface area contributed by atoms with Gasteiger partial charge in [-0.15, -0.1) is 0 Å². The Labute approximate surface area is 202 Å². The number of hydrogen-bond donors (Lipinski definition) is 0. The summed E-state index contributed by atoms with van der Waals surface area (Å²) in [6, 6.07) is 17.3. The van der Waals surface area contributed by atoms with Gasteiger partial charge in [-0.05, 0) is 43.3 Å². The van der Waals surface area contributed by atoms with E-state index < -0.39 is 11.9 Å². The van der Waals surface area contributed by atoms with Crippen LogP contribution in [0.4, 0.5) is 0 Å². The third kappa shape index (κ3) is 5.01. The zero-order valence-electron chi connectivity index (χ0n) is 19.7. The molecular weight excluding hydrogens is 450 g/mol. The van der Waals surface area contributed by atoms with Gasteiger partial charge in [-0.25, -0.2) is 14.6 Å². The molecule has 0 aromatic heterocycles. The first-order chi connectivity index (χ1) is 16.9. The highest BCUT2D eigenvalue weighted by atomic mass is 16.6. The van der Waals surface area contributed by atoms with Gasteiger partial charge in [0.2, 0.25) is 11.6 Å². The minimum atomic E-state index is -0.645. The minimum Gasteiger partial charge on any atom is -0.493 e. The predicted molar refractivity (Wildman–Crippen MR) is 129 cm³/mol. The number of hydrogen-bond acceptors (Lipinski definition) is 8. The Bertz CT molecular complexity index is 1310. The molecule has 8 nitrogen and oxygen atoms in total. The molecule has 0 unspecified atom stereocenters. The van der Waals surface area contributed by atoms with Gasteiger partial charge in [0, 0.05) is 11.1 Å². The smallest absolute Gasteiger partial charge is 0.363 e. The lowest BCUT2D eigenvalue weighted by molar-refractivity contribution is -0.129. The molecule has 1 aliphatic heterocycles. The van der Waals surface area contributed by atoms with Crippen molar-refractivity contribution in [2.45, 2.75) is 6.92 Å². The summed E-state index contributed by atoms with van der Waals surface area (Å²) in [6.45, 7) is 1.97. The molecule has 178 valence electrons. The summed E-state index contributed by atoms with van der Waals surface area (Å²) in [5.74, 6) is 0.221. The summed E-state index contributed by atoms with van der Waals surface area (Å²) in [6.07, 6.45) is 1.52. The van der Waals surface area contributed by atoms with Gasteiger partial charge < -0.3 is 23.7 Å². The molecule has 35 heavy (non-hydrogen) atoms. The van der Waals surface area contributed by atoms with Crippen LogP contribution in [0.5, 0.6) is 23.0 Å². The van der Waals surface area contributed by atoms with Crippen molar-refractivity contribution in [1.29, 1.82) is 0 Å². The minimum absolute atomic E-state index is 0.0943. The second-order valence-electron chi connectivity index (χ2n) is 7.54. The highest BCUT2D eigenvalue weighted by Gasteiger charge is 2.25. The Morgan fingerprint density at radius 2 is 1.54 bits per heavy atom. The van der Waals surface area contributed by atoms with Crippen LogP contribution in [-0.2, 0) is 9.53 Å². The van der Waals surface area contributed by atoms with Gasteiger partial charge >= 0.3 is 11.9 Å². The Morgan fingerprint density at radius 3 is 2.17 bits per heavy atom. The summed E-state index contributed by atoms with van der Waals surface area (Å²) in [4.78, 5) is 29.7. The van der Waals surface area contributed by atoms with E-state index in [2.05, 4.69) is 4.99 Å². The van der Waals surface area contributed by atoms with E-state index in [4.69, 9.17) is 23.7 Å². The number of carbonyl (C=O) groups is 2. The van der Waals surface area contributed by atoms with Crippen LogP contribution in [-0.4, -0.2) is 39.2 Å². The molecule has 0 atom stereocenters. The first kappa shape index (κ1) is 23.6. The standard InChI is InChI=1S/C27H23NO7/c1-16-9-11-17(12-10-16)25-28-20(27(30)35-25)13-18-7-5-6-8-21(18)34-26(29)19-14-22(31-2)24(33-4)23(15-19)32-3/h5-15H,1-4H3/b20-13+. The molecule has 0 N–H and O–H groups in total. The average Bonchev–Trinajstić information content (AvgIpc) is 3.24. The topological polar surface area (TPSA) is 92.7 Å². The SMILES string of the molecule is COc1cc(C(=O)Oc2ccccc2/C=C2/N=C(c3ccc(C)cc3)OC2=O)cc(OC)c1OC. The Kier molecular flexibility index (Phi) is 6.82. The van der Waals surface area contributed by atoms with Gasteiger partial charge in [-0.2, -0.15) is 0 Å². The molecule has 0 saturated heterocycles. The van der Waals surface area contributed by atoms with Crippen molar-refractivity contribution in [3.8, 4) is 23.0 Å². The monoisotopic (exact) mass is 473 g/mol. The number of aliphatic imine (C=N–C) groups is 1. The van der Waals surface area contributed by atoms with Crippen LogP contribution in [0.15, 0.2) is 71.4 Å². The number of cyclic esters (lactones) is 1. The van der Waals surface area contributed by atoms with Gasteiger partial charge in [-0.1, -0.05) is 35.9 Å². The number of esters is 2. The van der Waals surface area contributed by atoms with Crippen LogP contribution in [0, 0.1) is 6.92 Å². The number of para-hydroxylation sites is 1. The zero-order chi connectivity index (χ0) is 24.9. The van der Waals surface area contributed by atoms with Crippen molar-refractivity contribution in [1.82, 2.24) is 0 Å². The van der Waals surface area contributed by atoms with E-state index in [-0.39, 0.29) is 22.9 Å². The van der Waals surface area contributed by atoms with Crippen molar-refractivity contribution in [2.24, 2.45) is 4.99 Å². The molecule has 0 fully saturated rings. The van der Waals surface area contributed by atoms with Crippen LogP contribution >= 0.6 is 0 Å². The molecule has 8 heteroatoms. The second-order valence-corrected chi connectivity index (χ2v) is 7.54. The number of aryl methyl sites for hydroxylation is 1. The number of rotatable bonds is 7. The van der Waals surface area contributed by atoms with Crippen LogP contribution in [0.2, 0.25) is 0 Å². The number of ether oxygens (including phenoxy) is 5. The second kappa shape index (κ2) is 10.1. The van der Waals surface area contributed by atoms with E-state index in [1.807, 2.05) is 31.2 Å². The fraction of sp³-hybridized carbons (Fsp3) is 0.148. The fourth-order valence-corrected chi connectivity index (χ4v) is 3.43. The van der Waals surface area contributed by atoms with Gasteiger partial charge in [-0.3, -0.25) is 0 Å². The molecule has 0 saturated carbocycles. The lowest BCUT2D eigenvalue weighted by atomic mass is 10.1. The third-order valence-electron chi connectivity index (χ3n) is 5.23. The highest BCUT2D eigenvalue weighted by molar-refractivity contribution is 6.13. The van der Waals surface area contributed by atoms with Crippen LogP contribution in [0.3, 0.4) is 0 Å². The first-order valence-electron chi connectivity index (χ1n) is 10.6. The quantitative estimate of drug-likeness (QED) is 0.282. The van der Waals surface area contributed by atoms with Crippen LogP contribution in [0.1, 0.15) is 27.0 Å². The molecular formula is C27H23NO7. The number of nitrogens with zero attached hydrogens (tertiary/aromatic N) is 1. The number of carbonyl (C=O) groups excluding carboxylic acids is 2. The van der Waals surface area contributed by atoms with Crippen molar-refractivity contribution >= 4 is 23.9 Å². The van der Waals surface area contributed by atoms with Crippen molar-refractivity contribution in [3.05, 3.63) is 88.6 Å². The third-order valence-corrected chi connectivity index (χ3v) is 5.23. The number of benzene rings is 3. The predicted octanol–water partition coefficient (Wildman–Crippen LogP) is 4.58. The van der Waals surface area contributed by atoms with E-state index in [0.717, 1.165) is 5.56 Å². The Hall–Kier alpha value is -4.59. The molecule has 0 aliphatic carbocycles. The normalized spacial score (nSPS) is 13.8. The van der Waals surface area contributed by atoms with Gasteiger partial charge in [0.25, 0.3) is 0 Å². The maximum absolute atomic E-state index is 13.0. The molecule has 1 heterocycles. The summed E-state index contributed by atoms with van der Waals surface area (Å²) < 4.78 is 26.9. The van der Waals surface area contributed by atoms with Gasteiger partial charge in [0.05, 0.1) is 26.9 Å². The maximum atomic E-state index is 13.0. The lowest BCUT2D eigenvalue weighted by Gasteiger charge is -2.14. The Balaban J connectivity index is 1.63. The summed E-state index contributed by atoms with van der Waals surface area (Å²) >= 11 is 0. The number of methoxy groups -OCH3 is 3. The largest absolute Gasteiger partial charge is 0.493 e. The van der Waals surface area contributed by atoms with Crippen molar-refractivity contribution in [2.75, 3.05) is 21.3 Å². The molecule has 3 aromatic carbocycles. The van der Waals surface area contributed by atoms with Gasteiger partial charge in [0.15, 0.2) is 17.2 Å². The van der Waals surface area contributed by atoms with Crippen LogP contribution in [0.25, 0.3) is 6.08 Å². The molecule has 1 aliphatic rings. The van der Waals surface area contributed by atoms with Crippen molar-refractivity contribution < 1.29 is 33.3 Å². The average molecular weight is 473 g/mol. The molecule has 0 amide bonds. The van der Waals surface area contributed by atoms with Gasteiger partial charge in [0.1, 0.15) is 5.75 Å². The molecule has 0 radical (unpaired) electrons. The summed E-state index contributed by atoms with van der Waals surface area (Å²) in [5.41, 5.74) is 2.54. The Morgan fingerprint density at radius 1 is 0.886 bits per heavy atom. The lowest BCUT2D eigenvalue weighted by Crippen LogP contribution is -2.10.